The Kier molecular flexibility index (Phi) is 6.45. The Labute approximate surface area is 124 Å². The van der Waals surface area contributed by atoms with Crippen molar-refractivity contribution in [2.75, 3.05) is 6.54 Å². The van der Waals surface area contributed by atoms with Gasteiger partial charge in [0, 0.05) is 12.1 Å². The van der Waals surface area contributed by atoms with Crippen molar-refractivity contribution in [3.63, 3.8) is 0 Å². The van der Waals surface area contributed by atoms with Gasteiger partial charge in [0.15, 0.2) is 0 Å². The molecule has 21 heavy (non-hydrogen) atoms. The maximum atomic E-state index is 12.4. The molecule has 0 aliphatic heterocycles. The van der Waals surface area contributed by atoms with Crippen molar-refractivity contribution in [2.45, 2.75) is 58.0 Å². The van der Waals surface area contributed by atoms with Gasteiger partial charge in [-0.25, -0.2) is 4.79 Å². The molecule has 0 radical (unpaired) electrons. The molecule has 0 aromatic heterocycles. The number of carboxylic acids is 1. The summed E-state index contributed by atoms with van der Waals surface area (Å²) in [6.45, 7) is 3.57. The van der Waals surface area contributed by atoms with Crippen molar-refractivity contribution in [1.29, 1.82) is 0 Å². The molecule has 0 spiro atoms. The number of rotatable bonds is 7. The number of urea groups is 1. The van der Waals surface area contributed by atoms with Crippen LogP contribution in [0.2, 0.25) is 0 Å². The number of hydrogen-bond acceptors (Lipinski definition) is 3. The summed E-state index contributed by atoms with van der Waals surface area (Å²) >= 11 is 0. The topological polar surface area (TPSA) is 113 Å². The first-order valence-corrected chi connectivity index (χ1v) is 7.38. The van der Waals surface area contributed by atoms with E-state index in [9.17, 15) is 14.4 Å². The first-order valence-electron chi connectivity index (χ1n) is 7.38. The molecular weight excluding hydrogens is 274 g/mol. The molecule has 0 saturated heterocycles. The summed E-state index contributed by atoms with van der Waals surface area (Å²) in [6.07, 6.45) is 3.61. The third-order valence-corrected chi connectivity index (χ3v) is 3.86. The molecule has 1 fully saturated rings. The summed E-state index contributed by atoms with van der Waals surface area (Å²) in [6, 6.07) is -0.859. The molecule has 0 aromatic carbocycles. The largest absolute Gasteiger partial charge is 0.481 e. The Morgan fingerprint density at radius 3 is 2.29 bits per heavy atom. The van der Waals surface area contributed by atoms with Crippen LogP contribution in [0.3, 0.4) is 0 Å². The maximum absolute atomic E-state index is 12.4. The highest BCUT2D eigenvalue weighted by atomic mass is 16.4. The van der Waals surface area contributed by atoms with Crippen LogP contribution in [-0.2, 0) is 9.59 Å². The summed E-state index contributed by atoms with van der Waals surface area (Å²) in [5.74, 6) is -1.53. The number of hydrogen-bond donors (Lipinski definition) is 3. The van der Waals surface area contributed by atoms with Gasteiger partial charge >= 0.3 is 12.0 Å². The molecule has 1 aliphatic carbocycles. The third-order valence-electron chi connectivity index (χ3n) is 3.86. The fourth-order valence-electron chi connectivity index (χ4n) is 2.63. The second kappa shape index (κ2) is 7.85. The summed E-state index contributed by atoms with van der Waals surface area (Å²) in [4.78, 5) is 35.9. The van der Waals surface area contributed by atoms with Crippen LogP contribution in [0.1, 0.15) is 46.0 Å². The number of aliphatic carboxylic acids is 1. The normalized spacial score (nSPS) is 16.7. The van der Waals surface area contributed by atoms with Crippen LogP contribution in [0, 0.1) is 5.92 Å². The standard InChI is InChI=1S/C14H25N3O4/c1-9(2)11(7-13(19)20)16-14(21)17(8-12(15)18)10-5-3-4-6-10/h9-11H,3-8H2,1-2H3,(H2,15,18)(H,16,21)(H,19,20). The summed E-state index contributed by atoms with van der Waals surface area (Å²) < 4.78 is 0. The Morgan fingerprint density at radius 1 is 1.29 bits per heavy atom. The van der Waals surface area contributed by atoms with Gasteiger partial charge in [0.25, 0.3) is 0 Å². The molecule has 3 amide bonds. The second-order valence-corrected chi connectivity index (χ2v) is 5.93. The fraction of sp³-hybridized carbons (Fsp3) is 0.786. The third kappa shape index (κ3) is 5.61. The molecule has 7 heteroatoms. The van der Waals surface area contributed by atoms with Crippen LogP contribution < -0.4 is 11.1 Å². The predicted octanol–water partition coefficient (Wildman–Crippen LogP) is 0.925. The van der Waals surface area contributed by atoms with E-state index in [1.54, 1.807) is 0 Å². The number of carbonyl (C=O) groups excluding carboxylic acids is 2. The van der Waals surface area contributed by atoms with E-state index in [-0.39, 0.29) is 24.9 Å². The Bertz CT molecular complexity index is 392. The van der Waals surface area contributed by atoms with Crippen LogP contribution in [-0.4, -0.2) is 46.5 Å². The second-order valence-electron chi connectivity index (χ2n) is 5.93. The molecule has 120 valence electrons. The molecule has 1 unspecified atom stereocenters. The SMILES string of the molecule is CC(C)C(CC(=O)O)NC(=O)N(CC(N)=O)C1CCCC1. The Hall–Kier alpha value is -1.79. The lowest BCUT2D eigenvalue weighted by atomic mass is 10.0. The smallest absolute Gasteiger partial charge is 0.318 e. The number of primary amides is 1. The molecular formula is C14H25N3O4. The van der Waals surface area contributed by atoms with E-state index in [2.05, 4.69) is 5.32 Å². The summed E-state index contributed by atoms with van der Waals surface area (Å²) in [7, 11) is 0. The molecule has 1 aliphatic rings. The summed E-state index contributed by atoms with van der Waals surface area (Å²) in [5.41, 5.74) is 5.22. The van der Waals surface area contributed by atoms with Gasteiger partial charge in [-0.2, -0.15) is 0 Å². The Morgan fingerprint density at radius 2 is 1.86 bits per heavy atom. The molecule has 1 saturated carbocycles. The molecule has 1 rings (SSSR count). The van der Waals surface area contributed by atoms with Crippen molar-refractivity contribution in [3.05, 3.63) is 0 Å². The van der Waals surface area contributed by atoms with Gasteiger partial charge in [0.1, 0.15) is 6.54 Å². The molecule has 4 N–H and O–H groups in total. The fourth-order valence-corrected chi connectivity index (χ4v) is 2.63. The number of carbonyl (C=O) groups is 3. The van der Waals surface area contributed by atoms with Crippen LogP contribution in [0.15, 0.2) is 0 Å². The number of nitrogens with zero attached hydrogens (tertiary/aromatic N) is 1. The zero-order chi connectivity index (χ0) is 16.0. The van der Waals surface area contributed by atoms with Crippen LogP contribution in [0.5, 0.6) is 0 Å². The van der Waals surface area contributed by atoms with Crippen molar-refractivity contribution >= 4 is 17.9 Å². The zero-order valence-electron chi connectivity index (χ0n) is 12.7. The van der Waals surface area contributed by atoms with Crippen LogP contribution in [0.4, 0.5) is 4.79 Å². The lowest BCUT2D eigenvalue weighted by molar-refractivity contribution is -0.137. The molecule has 0 aromatic rings. The number of carboxylic acid groups (broad SMARTS) is 1. The van der Waals surface area contributed by atoms with E-state index in [4.69, 9.17) is 10.8 Å². The maximum Gasteiger partial charge on any atom is 0.318 e. The van der Waals surface area contributed by atoms with Gasteiger partial charge in [-0.3, -0.25) is 9.59 Å². The first-order chi connectivity index (χ1) is 9.81. The number of nitrogens with two attached hydrogens (primary N) is 1. The predicted molar refractivity (Wildman–Crippen MR) is 77.6 cm³/mol. The van der Waals surface area contributed by atoms with E-state index >= 15 is 0 Å². The monoisotopic (exact) mass is 299 g/mol. The van der Waals surface area contributed by atoms with Gasteiger partial charge in [-0.15, -0.1) is 0 Å². The minimum absolute atomic E-state index is 0.00939. The van der Waals surface area contributed by atoms with Crippen LogP contribution in [0.25, 0.3) is 0 Å². The van der Waals surface area contributed by atoms with E-state index < -0.39 is 23.9 Å². The highest BCUT2D eigenvalue weighted by molar-refractivity contribution is 5.83. The molecule has 1 atom stereocenters. The summed E-state index contributed by atoms with van der Waals surface area (Å²) in [5, 5.41) is 11.6. The first kappa shape index (κ1) is 17.3. The van der Waals surface area contributed by atoms with E-state index in [1.807, 2.05) is 13.8 Å². The van der Waals surface area contributed by atoms with Crippen molar-refractivity contribution in [3.8, 4) is 0 Å². The lowest BCUT2D eigenvalue weighted by Crippen LogP contribution is -2.52. The van der Waals surface area contributed by atoms with Gasteiger partial charge < -0.3 is 21.1 Å². The number of nitrogens with one attached hydrogen (secondary N) is 1. The van der Waals surface area contributed by atoms with Gasteiger partial charge in [-0.05, 0) is 18.8 Å². The minimum Gasteiger partial charge on any atom is -0.481 e. The van der Waals surface area contributed by atoms with Gasteiger partial charge in [0.05, 0.1) is 6.42 Å². The van der Waals surface area contributed by atoms with E-state index in [0.29, 0.717) is 0 Å². The quantitative estimate of drug-likeness (QED) is 0.649. The zero-order valence-corrected chi connectivity index (χ0v) is 12.7. The van der Waals surface area contributed by atoms with Crippen molar-refractivity contribution < 1.29 is 19.5 Å². The molecule has 0 bridgehead atoms. The van der Waals surface area contributed by atoms with Gasteiger partial charge in [-0.1, -0.05) is 26.7 Å². The minimum atomic E-state index is -0.962. The average Bonchev–Trinajstić information content (AvgIpc) is 2.87. The number of amides is 3. The van der Waals surface area contributed by atoms with Crippen LogP contribution >= 0.6 is 0 Å². The average molecular weight is 299 g/mol. The lowest BCUT2D eigenvalue weighted by Gasteiger charge is -2.31. The van der Waals surface area contributed by atoms with E-state index in [1.165, 1.54) is 4.90 Å². The molecule has 7 nitrogen and oxygen atoms in total. The van der Waals surface area contributed by atoms with Crippen molar-refractivity contribution in [1.82, 2.24) is 10.2 Å². The van der Waals surface area contributed by atoms with Gasteiger partial charge in [0.2, 0.25) is 5.91 Å². The Balaban J connectivity index is 2.73. The molecule has 0 heterocycles. The highest BCUT2D eigenvalue weighted by Gasteiger charge is 2.30. The highest BCUT2D eigenvalue weighted by Crippen LogP contribution is 2.23. The van der Waals surface area contributed by atoms with E-state index in [0.717, 1.165) is 25.7 Å². The van der Waals surface area contributed by atoms with Crippen molar-refractivity contribution in [2.24, 2.45) is 11.7 Å².